The van der Waals surface area contributed by atoms with E-state index >= 15 is 0 Å². The number of hydrogen-bond acceptors (Lipinski definition) is 5. The molecule has 0 aliphatic carbocycles. The van der Waals surface area contributed by atoms with Crippen LogP contribution in [0.5, 0.6) is 0 Å². The third-order valence-corrected chi connectivity index (χ3v) is 3.54. The zero-order valence-corrected chi connectivity index (χ0v) is 9.49. The van der Waals surface area contributed by atoms with Gasteiger partial charge in [-0.1, -0.05) is 0 Å². The predicted molar refractivity (Wildman–Crippen MR) is 56.7 cm³/mol. The molecule has 1 aromatic heterocycles. The molecule has 5 nitrogen and oxygen atoms in total. The predicted octanol–water partition coefficient (Wildman–Crippen LogP) is -0.218. The van der Waals surface area contributed by atoms with Gasteiger partial charge < -0.3 is 5.32 Å². The molecule has 0 aliphatic heterocycles. The summed E-state index contributed by atoms with van der Waals surface area (Å²) in [4.78, 5) is 3.98. The molecule has 0 fully saturated rings. The number of nitrogens with zero attached hydrogens (tertiary/aromatic N) is 1. The minimum absolute atomic E-state index is 0.0909. The summed E-state index contributed by atoms with van der Waals surface area (Å²) in [5, 5.41) is 4.60. The van der Waals surface area contributed by atoms with E-state index in [0.717, 1.165) is 5.69 Å². The molecule has 0 spiro atoms. The maximum Gasteiger partial charge on any atom is 0.213 e. The summed E-state index contributed by atoms with van der Waals surface area (Å²) in [6.45, 7) is 0.724. The lowest BCUT2D eigenvalue weighted by Gasteiger charge is -2.04. The zero-order chi connectivity index (χ0) is 10.4. The first-order valence-electron chi connectivity index (χ1n) is 4.13. The summed E-state index contributed by atoms with van der Waals surface area (Å²) in [6, 6.07) is 0. The van der Waals surface area contributed by atoms with Crippen molar-refractivity contribution in [2.24, 2.45) is 0 Å². The van der Waals surface area contributed by atoms with Crippen molar-refractivity contribution in [1.82, 2.24) is 15.0 Å². The maximum absolute atomic E-state index is 11.3. The van der Waals surface area contributed by atoms with E-state index in [1.807, 2.05) is 5.38 Å². The molecular weight excluding hydrogens is 222 g/mol. The Bertz CT molecular complexity index is 347. The van der Waals surface area contributed by atoms with Gasteiger partial charge in [-0.25, -0.2) is 18.1 Å². The van der Waals surface area contributed by atoms with Crippen LogP contribution in [0.25, 0.3) is 0 Å². The van der Waals surface area contributed by atoms with Gasteiger partial charge in [-0.2, -0.15) is 0 Å². The van der Waals surface area contributed by atoms with Crippen LogP contribution < -0.4 is 10.0 Å². The molecule has 1 aromatic rings. The summed E-state index contributed by atoms with van der Waals surface area (Å²) in [6.07, 6.45) is 0. The number of nitrogens with one attached hydrogen (secondary N) is 2. The molecule has 80 valence electrons. The summed E-state index contributed by atoms with van der Waals surface area (Å²) >= 11 is 1.45. The van der Waals surface area contributed by atoms with Crippen molar-refractivity contribution in [3.8, 4) is 0 Å². The Hall–Kier alpha value is -0.500. The van der Waals surface area contributed by atoms with Crippen LogP contribution in [0.1, 0.15) is 5.69 Å². The molecule has 7 heteroatoms. The second-order valence-corrected chi connectivity index (χ2v) is 5.37. The summed E-state index contributed by atoms with van der Waals surface area (Å²) in [5.74, 6) is 0.0909. The lowest BCUT2D eigenvalue weighted by atomic mass is 10.5. The molecule has 0 radical (unpaired) electrons. The third-order valence-electron chi connectivity index (χ3n) is 1.58. The van der Waals surface area contributed by atoms with Gasteiger partial charge in [0.25, 0.3) is 0 Å². The van der Waals surface area contributed by atoms with Crippen molar-refractivity contribution in [3.05, 3.63) is 16.6 Å². The third kappa shape index (κ3) is 4.14. The average molecular weight is 235 g/mol. The second kappa shape index (κ2) is 5.40. The van der Waals surface area contributed by atoms with Gasteiger partial charge >= 0.3 is 0 Å². The first kappa shape index (κ1) is 11.6. The Balaban J connectivity index is 2.37. The van der Waals surface area contributed by atoms with Gasteiger partial charge in [0.05, 0.1) is 23.5 Å². The zero-order valence-electron chi connectivity index (χ0n) is 7.86. The molecule has 0 saturated heterocycles. The smallest absolute Gasteiger partial charge is 0.213 e. The van der Waals surface area contributed by atoms with Gasteiger partial charge in [0, 0.05) is 11.9 Å². The van der Waals surface area contributed by atoms with Gasteiger partial charge in [0.15, 0.2) is 0 Å². The fourth-order valence-electron chi connectivity index (χ4n) is 0.817. The van der Waals surface area contributed by atoms with Crippen LogP contribution in [0.15, 0.2) is 10.9 Å². The fourth-order valence-corrected chi connectivity index (χ4v) is 2.36. The van der Waals surface area contributed by atoms with E-state index in [4.69, 9.17) is 0 Å². The number of hydrogen-bond donors (Lipinski definition) is 2. The highest BCUT2D eigenvalue weighted by atomic mass is 32.2. The van der Waals surface area contributed by atoms with Crippen molar-refractivity contribution < 1.29 is 8.42 Å². The highest BCUT2D eigenvalue weighted by Crippen LogP contribution is 2.00. The molecule has 2 N–H and O–H groups in total. The van der Waals surface area contributed by atoms with E-state index in [2.05, 4.69) is 15.0 Å². The largest absolute Gasteiger partial charge is 0.319 e. The number of aromatic nitrogens is 1. The number of sulfonamides is 1. The molecular formula is C7H13N3O2S2. The molecule has 0 aliphatic rings. The monoisotopic (exact) mass is 235 g/mol. The fraction of sp³-hybridized carbons (Fsp3) is 0.571. The van der Waals surface area contributed by atoms with Crippen LogP contribution in [0, 0.1) is 0 Å². The molecule has 1 heterocycles. The van der Waals surface area contributed by atoms with Crippen LogP contribution in [0.3, 0.4) is 0 Å². The molecule has 0 unspecified atom stereocenters. The van der Waals surface area contributed by atoms with Crippen molar-refractivity contribution in [2.75, 3.05) is 19.3 Å². The highest BCUT2D eigenvalue weighted by molar-refractivity contribution is 7.89. The highest BCUT2D eigenvalue weighted by Gasteiger charge is 2.08. The van der Waals surface area contributed by atoms with E-state index in [1.165, 1.54) is 11.3 Å². The first-order chi connectivity index (χ1) is 6.64. The van der Waals surface area contributed by atoms with Gasteiger partial charge in [0.2, 0.25) is 10.0 Å². The normalized spacial score (nSPS) is 11.8. The van der Waals surface area contributed by atoms with Crippen LogP contribution in [0.4, 0.5) is 0 Å². The van der Waals surface area contributed by atoms with E-state index in [-0.39, 0.29) is 12.3 Å². The van der Waals surface area contributed by atoms with Gasteiger partial charge in [0.1, 0.15) is 0 Å². The lowest BCUT2D eigenvalue weighted by molar-refractivity contribution is 0.578. The molecule has 0 amide bonds. The van der Waals surface area contributed by atoms with Crippen molar-refractivity contribution in [2.45, 2.75) is 6.54 Å². The van der Waals surface area contributed by atoms with Crippen LogP contribution in [0.2, 0.25) is 0 Å². The average Bonchev–Trinajstić information content (AvgIpc) is 2.64. The van der Waals surface area contributed by atoms with E-state index in [1.54, 1.807) is 12.6 Å². The van der Waals surface area contributed by atoms with Crippen LogP contribution >= 0.6 is 11.3 Å². The van der Waals surface area contributed by atoms with E-state index in [0.29, 0.717) is 6.54 Å². The molecule has 1 rings (SSSR count). The minimum atomic E-state index is -3.17. The second-order valence-electron chi connectivity index (χ2n) is 2.72. The van der Waals surface area contributed by atoms with Gasteiger partial charge in [-0.3, -0.25) is 0 Å². The summed E-state index contributed by atoms with van der Waals surface area (Å²) in [5.41, 5.74) is 2.43. The standard InChI is InChI=1S/C7H13N3O2S2/c1-8-2-3-14(11,12)10-4-7-5-13-6-9-7/h5-6,8,10H,2-4H2,1H3. The molecule has 0 bridgehead atoms. The summed E-state index contributed by atoms with van der Waals surface area (Å²) < 4.78 is 25.1. The lowest BCUT2D eigenvalue weighted by Crippen LogP contribution is -2.30. The first-order valence-corrected chi connectivity index (χ1v) is 6.72. The van der Waals surface area contributed by atoms with Crippen molar-refractivity contribution >= 4 is 21.4 Å². The topological polar surface area (TPSA) is 71.1 Å². The quantitative estimate of drug-likeness (QED) is 0.715. The minimum Gasteiger partial charge on any atom is -0.319 e. The Morgan fingerprint density at radius 2 is 2.36 bits per heavy atom. The summed E-state index contributed by atoms with van der Waals surface area (Å²) in [7, 11) is -1.45. The van der Waals surface area contributed by atoms with E-state index in [9.17, 15) is 8.42 Å². The van der Waals surface area contributed by atoms with Crippen LogP contribution in [-0.4, -0.2) is 32.7 Å². The van der Waals surface area contributed by atoms with Crippen molar-refractivity contribution in [1.29, 1.82) is 0 Å². The Morgan fingerprint density at radius 1 is 1.57 bits per heavy atom. The molecule has 0 atom stereocenters. The Kier molecular flexibility index (Phi) is 4.46. The van der Waals surface area contributed by atoms with Crippen molar-refractivity contribution in [3.63, 3.8) is 0 Å². The van der Waals surface area contributed by atoms with Gasteiger partial charge in [-0.15, -0.1) is 11.3 Å². The maximum atomic E-state index is 11.3. The Labute approximate surface area is 87.6 Å². The van der Waals surface area contributed by atoms with Crippen LogP contribution in [-0.2, 0) is 16.6 Å². The molecule has 0 saturated carbocycles. The Morgan fingerprint density at radius 3 is 2.93 bits per heavy atom. The number of thiazole rings is 1. The molecule has 0 aromatic carbocycles. The van der Waals surface area contributed by atoms with E-state index < -0.39 is 10.0 Å². The SMILES string of the molecule is CNCCS(=O)(=O)NCc1cscn1. The molecule has 14 heavy (non-hydrogen) atoms. The van der Waals surface area contributed by atoms with Gasteiger partial charge in [-0.05, 0) is 7.05 Å². The number of rotatable bonds is 6.